The minimum atomic E-state index is 0.782. The third kappa shape index (κ3) is 3.69. The Morgan fingerprint density at radius 3 is 2.44 bits per heavy atom. The largest absolute Gasteiger partial charge is 0.119 e. The van der Waals surface area contributed by atoms with Gasteiger partial charge >= 0.3 is 0 Å². The Bertz CT molecular complexity index is 504. The van der Waals surface area contributed by atoms with Crippen molar-refractivity contribution < 1.29 is 0 Å². The maximum absolute atomic E-state index is 5.88. The van der Waals surface area contributed by atoms with Crippen LogP contribution in [0.4, 0.5) is 0 Å². The topological polar surface area (TPSA) is 0 Å². The van der Waals surface area contributed by atoms with E-state index in [2.05, 4.69) is 31.6 Å². The Labute approximate surface area is 119 Å². The summed E-state index contributed by atoms with van der Waals surface area (Å²) >= 11 is 11.7. The summed E-state index contributed by atoms with van der Waals surface area (Å²) in [6.07, 6.45) is 10.1. The first-order chi connectivity index (χ1) is 8.65. The number of allylic oxidation sites excluding steroid dienone is 6. The molecule has 1 aromatic rings. The van der Waals surface area contributed by atoms with Gasteiger partial charge in [0.25, 0.3) is 0 Å². The molecule has 0 atom stereocenters. The Hall–Kier alpha value is -1.11. The summed E-state index contributed by atoms with van der Waals surface area (Å²) in [5.41, 5.74) is 3.95. The first kappa shape index (κ1) is 13.3. The Morgan fingerprint density at radius 1 is 1.11 bits per heavy atom. The van der Waals surface area contributed by atoms with Gasteiger partial charge in [0, 0.05) is 41.7 Å². The van der Waals surface area contributed by atoms with Crippen LogP contribution in [-0.4, -0.2) is 0 Å². The summed E-state index contributed by atoms with van der Waals surface area (Å²) < 4.78 is 0. The quantitative estimate of drug-likeness (QED) is 0.642. The molecule has 2 heteroatoms. The minimum Gasteiger partial charge on any atom is -0.0843 e. The number of hydrogen-bond acceptors (Lipinski definition) is 0. The fourth-order valence-corrected chi connectivity index (χ4v) is 2.11. The van der Waals surface area contributed by atoms with Gasteiger partial charge in [0.1, 0.15) is 5.03 Å². The van der Waals surface area contributed by atoms with Crippen LogP contribution in [0.2, 0.25) is 5.02 Å². The molecule has 2 rings (SSSR count). The van der Waals surface area contributed by atoms with E-state index >= 15 is 0 Å². The van der Waals surface area contributed by atoms with Gasteiger partial charge in [-0.3, -0.25) is 0 Å². The summed E-state index contributed by atoms with van der Waals surface area (Å²) in [4.78, 5) is 0. The van der Waals surface area contributed by atoms with Crippen molar-refractivity contribution in [2.24, 2.45) is 0 Å². The molecule has 0 aromatic heterocycles. The van der Waals surface area contributed by atoms with E-state index in [1.54, 1.807) is 0 Å². The molecule has 0 radical (unpaired) electrons. The maximum Gasteiger partial charge on any atom is 0.119 e. The van der Waals surface area contributed by atoms with Crippen molar-refractivity contribution in [3.05, 3.63) is 75.7 Å². The number of hydrogen-bond donors (Lipinski definition) is 0. The molecule has 1 aliphatic rings. The average molecular weight is 278 g/mol. The molecule has 0 aliphatic heterocycles. The van der Waals surface area contributed by atoms with Crippen LogP contribution in [0, 0.1) is 6.42 Å². The molecule has 0 bridgehead atoms. The molecule has 0 N–H and O–H groups in total. The SMILES string of the molecule is C/C(CCc1ccc(Cl)cc1)=C1/C=CC(Cl)=C[CH+]1. The smallest absolute Gasteiger partial charge is 0.0843 e. The Morgan fingerprint density at radius 2 is 1.83 bits per heavy atom. The van der Waals surface area contributed by atoms with E-state index in [4.69, 9.17) is 23.2 Å². The summed E-state index contributed by atoms with van der Waals surface area (Å²) in [6.45, 7) is 2.17. The zero-order valence-electron chi connectivity index (χ0n) is 10.3. The lowest BCUT2D eigenvalue weighted by atomic mass is 9.97. The van der Waals surface area contributed by atoms with E-state index in [9.17, 15) is 0 Å². The molecule has 0 saturated carbocycles. The molecule has 0 spiro atoms. The van der Waals surface area contributed by atoms with Gasteiger partial charge in [-0.15, -0.1) is 0 Å². The number of rotatable bonds is 3. The molecule has 0 fully saturated rings. The van der Waals surface area contributed by atoms with Gasteiger partial charge in [0.15, 0.2) is 0 Å². The zero-order valence-corrected chi connectivity index (χ0v) is 11.8. The van der Waals surface area contributed by atoms with Gasteiger partial charge in [-0.05, 0) is 42.6 Å². The van der Waals surface area contributed by atoms with Gasteiger partial charge in [-0.1, -0.05) is 23.7 Å². The van der Waals surface area contributed by atoms with Crippen molar-refractivity contribution in [3.8, 4) is 0 Å². The van der Waals surface area contributed by atoms with Crippen molar-refractivity contribution in [1.29, 1.82) is 0 Å². The second-order valence-corrected chi connectivity index (χ2v) is 5.29. The van der Waals surface area contributed by atoms with Crippen LogP contribution in [0.1, 0.15) is 18.9 Å². The van der Waals surface area contributed by atoms with Crippen LogP contribution in [-0.2, 0) is 6.42 Å². The number of benzene rings is 1. The first-order valence-electron chi connectivity index (χ1n) is 5.98. The third-order valence-electron chi connectivity index (χ3n) is 3.04. The van der Waals surface area contributed by atoms with Crippen molar-refractivity contribution in [3.63, 3.8) is 0 Å². The Kier molecular flexibility index (Phi) is 4.57. The molecule has 0 amide bonds. The van der Waals surface area contributed by atoms with Gasteiger partial charge in [0.05, 0.1) is 5.57 Å². The van der Waals surface area contributed by atoms with E-state index in [0.29, 0.717) is 0 Å². The highest BCUT2D eigenvalue weighted by Crippen LogP contribution is 2.22. The molecule has 18 heavy (non-hydrogen) atoms. The van der Waals surface area contributed by atoms with Gasteiger partial charge in [-0.2, -0.15) is 0 Å². The molecule has 1 aliphatic carbocycles. The van der Waals surface area contributed by atoms with Crippen molar-refractivity contribution >= 4 is 23.2 Å². The lowest BCUT2D eigenvalue weighted by Gasteiger charge is -2.04. The van der Waals surface area contributed by atoms with Crippen LogP contribution in [0.15, 0.2) is 58.7 Å². The molecule has 0 unspecified atom stereocenters. The lowest BCUT2D eigenvalue weighted by Crippen LogP contribution is -1.93. The summed E-state index contributed by atoms with van der Waals surface area (Å²) in [5.74, 6) is 0. The standard InChI is InChI=1S/C16H15Cl2/c1-12(14-6-10-16(18)11-7-14)2-3-13-4-8-15(17)9-5-13/h4-11H,2-3H2,1H3/q+1. The molecular formula is C16H15Cl2+. The number of aryl methyl sites for hydroxylation is 1. The van der Waals surface area contributed by atoms with E-state index in [1.807, 2.05) is 24.3 Å². The van der Waals surface area contributed by atoms with Crippen molar-refractivity contribution in [2.45, 2.75) is 19.8 Å². The second kappa shape index (κ2) is 6.17. The average Bonchev–Trinajstić information content (AvgIpc) is 2.38. The zero-order chi connectivity index (χ0) is 13.0. The van der Waals surface area contributed by atoms with Crippen LogP contribution < -0.4 is 0 Å². The van der Waals surface area contributed by atoms with Crippen LogP contribution >= 0.6 is 23.2 Å². The number of halogens is 2. The maximum atomic E-state index is 5.88. The van der Waals surface area contributed by atoms with Crippen LogP contribution in [0.25, 0.3) is 0 Å². The summed E-state index contributed by atoms with van der Waals surface area (Å²) in [5, 5.41) is 1.57. The van der Waals surface area contributed by atoms with Crippen LogP contribution in [0.3, 0.4) is 0 Å². The highest BCUT2D eigenvalue weighted by molar-refractivity contribution is 6.31. The van der Waals surface area contributed by atoms with Gasteiger partial charge in [0.2, 0.25) is 0 Å². The molecule has 0 saturated heterocycles. The molecular weight excluding hydrogens is 263 g/mol. The fraction of sp³-hybridized carbons (Fsp3) is 0.188. The summed E-state index contributed by atoms with van der Waals surface area (Å²) in [7, 11) is 0. The third-order valence-corrected chi connectivity index (χ3v) is 3.54. The second-order valence-electron chi connectivity index (χ2n) is 4.41. The van der Waals surface area contributed by atoms with Gasteiger partial charge < -0.3 is 0 Å². The van der Waals surface area contributed by atoms with Crippen molar-refractivity contribution in [2.75, 3.05) is 0 Å². The lowest BCUT2D eigenvalue weighted by molar-refractivity contribution is 0.931. The predicted octanol–water partition coefficient (Wildman–Crippen LogP) is 5.49. The monoisotopic (exact) mass is 277 g/mol. The predicted molar refractivity (Wildman–Crippen MR) is 79.8 cm³/mol. The highest BCUT2D eigenvalue weighted by Gasteiger charge is 2.11. The van der Waals surface area contributed by atoms with Crippen molar-refractivity contribution in [1.82, 2.24) is 0 Å². The Balaban J connectivity index is 1.96. The molecule has 0 nitrogen and oxygen atoms in total. The van der Waals surface area contributed by atoms with E-state index < -0.39 is 0 Å². The highest BCUT2D eigenvalue weighted by atomic mass is 35.5. The van der Waals surface area contributed by atoms with E-state index in [-0.39, 0.29) is 0 Å². The van der Waals surface area contributed by atoms with Gasteiger partial charge in [-0.25, -0.2) is 0 Å². The fourth-order valence-electron chi connectivity index (χ4n) is 1.86. The normalized spacial score (nSPS) is 17.2. The van der Waals surface area contributed by atoms with E-state index in [1.165, 1.54) is 16.7 Å². The first-order valence-corrected chi connectivity index (χ1v) is 6.73. The van der Waals surface area contributed by atoms with E-state index in [0.717, 1.165) is 22.9 Å². The minimum absolute atomic E-state index is 0.782. The molecule has 92 valence electrons. The van der Waals surface area contributed by atoms with Crippen LogP contribution in [0.5, 0.6) is 0 Å². The molecule has 0 heterocycles. The molecule has 1 aromatic carbocycles. The summed E-state index contributed by atoms with van der Waals surface area (Å²) in [6, 6.07) is 8.04.